The largest absolute Gasteiger partial charge is 0.489 e. The number of halogens is 1. The Morgan fingerprint density at radius 3 is 2.58 bits per heavy atom. The van der Waals surface area contributed by atoms with Crippen LogP contribution in [-0.2, 0) is 5.54 Å². The standard InChI is InChI=1S/C21H21ClN2O2/c22-18-13-17-14(8-11-24-20(17)25)12-19(18)26-16-6-9-21(23,10-7-16)15-4-2-1-3-5-15/h1-5,8,11-13,16H,6-7,9-10,23H2,(H,24,25). The highest BCUT2D eigenvalue weighted by Crippen LogP contribution is 2.38. The minimum atomic E-state index is -0.290. The minimum Gasteiger partial charge on any atom is -0.489 e. The molecule has 0 amide bonds. The van der Waals surface area contributed by atoms with Gasteiger partial charge < -0.3 is 15.5 Å². The minimum absolute atomic E-state index is 0.0762. The van der Waals surface area contributed by atoms with Gasteiger partial charge in [0, 0.05) is 17.1 Å². The van der Waals surface area contributed by atoms with Crippen LogP contribution in [0.3, 0.4) is 0 Å². The fourth-order valence-corrected chi connectivity index (χ4v) is 3.95. The monoisotopic (exact) mass is 368 g/mol. The molecule has 0 unspecified atom stereocenters. The van der Waals surface area contributed by atoms with Gasteiger partial charge in [-0.15, -0.1) is 0 Å². The third-order valence-corrected chi connectivity index (χ3v) is 5.59. The van der Waals surface area contributed by atoms with E-state index in [1.54, 1.807) is 12.3 Å². The number of benzene rings is 2. The molecule has 134 valence electrons. The maximum absolute atomic E-state index is 11.9. The van der Waals surface area contributed by atoms with Gasteiger partial charge in [-0.3, -0.25) is 4.79 Å². The quantitative estimate of drug-likeness (QED) is 0.721. The van der Waals surface area contributed by atoms with Crippen molar-refractivity contribution in [2.75, 3.05) is 0 Å². The number of hydrogen-bond acceptors (Lipinski definition) is 3. The fraction of sp³-hybridized carbons (Fsp3) is 0.286. The summed E-state index contributed by atoms with van der Waals surface area (Å²) in [5, 5.41) is 1.85. The molecule has 0 bridgehead atoms. The summed E-state index contributed by atoms with van der Waals surface area (Å²) in [6.07, 6.45) is 5.18. The normalized spacial score (nSPS) is 23.1. The summed E-state index contributed by atoms with van der Waals surface area (Å²) >= 11 is 6.34. The van der Waals surface area contributed by atoms with Gasteiger partial charge >= 0.3 is 0 Å². The summed E-state index contributed by atoms with van der Waals surface area (Å²) < 4.78 is 6.16. The second-order valence-electron chi connectivity index (χ2n) is 7.02. The first kappa shape index (κ1) is 17.1. The summed E-state index contributed by atoms with van der Waals surface area (Å²) in [6.45, 7) is 0. The molecule has 1 aromatic heterocycles. The molecule has 1 aliphatic carbocycles. The van der Waals surface area contributed by atoms with E-state index in [0.717, 1.165) is 31.1 Å². The van der Waals surface area contributed by atoms with Crippen molar-refractivity contribution in [2.45, 2.75) is 37.3 Å². The molecule has 26 heavy (non-hydrogen) atoms. The van der Waals surface area contributed by atoms with E-state index in [-0.39, 0.29) is 17.2 Å². The number of nitrogens with two attached hydrogens (primary N) is 1. The van der Waals surface area contributed by atoms with Crippen molar-refractivity contribution in [3.63, 3.8) is 0 Å². The first-order valence-corrected chi connectivity index (χ1v) is 9.25. The molecule has 5 heteroatoms. The highest BCUT2D eigenvalue weighted by atomic mass is 35.5. The number of H-pyrrole nitrogens is 1. The molecule has 4 nitrogen and oxygen atoms in total. The van der Waals surface area contributed by atoms with Crippen LogP contribution in [0.1, 0.15) is 31.2 Å². The lowest BCUT2D eigenvalue weighted by atomic mass is 9.76. The lowest BCUT2D eigenvalue weighted by Crippen LogP contribution is -2.42. The molecule has 1 saturated carbocycles. The van der Waals surface area contributed by atoms with Gasteiger partial charge in [0.15, 0.2) is 0 Å². The van der Waals surface area contributed by atoms with Crippen molar-refractivity contribution in [2.24, 2.45) is 5.73 Å². The Morgan fingerprint density at radius 1 is 1.12 bits per heavy atom. The number of ether oxygens (including phenoxy) is 1. The lowest BCUT2D eigenvalue weighted by Gasteiger charge is -2.37. The van der Waals surface area contributed by atoms with Crippen molar-refractivity contribution in [3.05, 3.63) is 75.7 Å². The Labute approximate surface area is 156 Å². The van der Waals surface area contributed by atoms with Gasteiger partial charge in [-0.05, 0) is 54.8 Å². The number of aromatic nitrogens is 1. The molecule has 1 fully saturated rings. The summed E-state index contributed by atoms with van der Waals surface area (Å²) in [5.74, 6) is 0.624. The summed E-state index contributed by atoms with van der Waals surface area (Å²) in [5.41, 5.74) is 7.38. The second kappa shape index (κ2) is 6.78. The van der Waals surface area contributed by atoms with Gasteiger partial charge in [-0.2, -0.15) is 0 Å². The number of hydrogen-bond donors (Lipinski definition) is 2. The summed E-state index contributed by atoms with van der Waals surface area (Å²) in [7, 11) is 0. The molecule has 2 aromatic carbocycles. The van der Waals surface area contributed by atoms with Crippen LogP contribution in [0.25, 0.3) is 10.8 Å². The highest BCUT2D eigenvalue weighted by Gasteiger charge is 2.34. The molecule has 3 N–H and O–H groups in total. The van der Waals surface area contributed by atoms with Crippen LogP contribution in [0.5, 0.6) is 5.75 Å². The molecule has 0 aliphatic heterocycles. The van der Waals surface area contributed by atoms with Gasteiger partial charge in [-0.1, -0.05) is 41.9 Å². The van der Waals surface area contributed by atoms with Crippen molar-refractivity contribution in [3.8, 4) is 5.75 Å². The zero-order valence-electron chi connectivity index (χ0n) is 14.4. The van der Waals surface area contributed by atoms with Gasteiger partial charge in [0.2, 0.25) is 0 Å². The average molecular weight is 369 g/mol. The lowest BCUT2D eigenvalue weighted by molar-refractivity contribution is 0.118. The van der Waals surface area contributed by atoms with Crippen LogP contribution in [-0.4, -0.2) is 11.1 Å². The summed E-state index contributed by atoms with van der Waals surface area (Å²) in [4.78, 5) is 14.5. The zero-order valence-corrected chi connectivity index (χ0v) is 15.1. The summed E-state index contributed by atoms with van der Waals surface area (Å²) in [6, 6.07) is 15.6. The fourth-order valence-electron chi connectivity index (χ4n) is 3.74. The molecular weight excluding hydrogens is 348 g/mol. The maximum atomic E-state index is 11.9. The number of fused-ring (bicyclic) bond motifs is 1. The molecule has 4 rings (SSSR count). The zero-order chi connectivity index (χ0) is 18.1. The van der Waals surface area contributed by atoms with Gasteiger partial charge in [-0.25, -0.2) is 0 Å². The van der Waals surface area contributed by atoms with E-state index in [4.69, 9.17) is 22.1 Å². The number of rotatable bonds is 3. The van der Waals surface area contributed by atoms with Crippen LogP contribution in [0, 0.1) is 0 Å². The number of pyridine rings is 1. The Kier molecular flexibility index (Phi) is 4.47. The van der Waals surface area contributed by atoms with Crippen LogP contribution in [0.2, 0.25) is 5.02 Å². The SMILES string of the molecule is NC1(c2ccccc2)CCC(Oc2cc3cc[nH]c(=O)c3cc2Cl)CC1. The molecule has 0 radical (unpaired) electrons. The number of aromatic amines is 1. The predicted molar refractivity (Wildman–Crippen MR) is 105 cm³/mol. The molecule has 1 aliphatic rings. The first-order chi connectivity index (χ1) is 12.5. The van der Waals surface area contributed by atoms with Crippen molar-refractivity contribution < 1.29 is 4.74 Å². The van der Waals surface area contributed by atoms with E-state index < -0.39 is 0 Å². The molecule has 0 spiro atoms. The first-order valence-electron chi connectivity index (χ1n) is 8.87. The molecule has 1 heterocycles. The van der Waals surface area contributed by atoms with Gasteiger partial charge in [0.1, 0.15) is 5.75 Å². The smallest absolute Gasteiger partial charge is 0.255 e. The van der Waals surface area contributed by atoms with Crippen molar-refractivity contribution in [1.29, 1.82) is 0 Å². The van der Waals surface area contributed by atoms with E-state index in [2.05, 4.69) is 17.1 Å². The Balaban J connectivity index is 1.50. The highest BCUT2D eigenvalue weighted by molar-refractivity contribution is 6.32. The van der Waals surface area contributed by atoms with Crippen LogP contribution in [0.4, 0.5) is 0 Å². The van der Waals surface area contributed by atoms with Crippen LogP contribution in [0.15, 0.2) is 59.5 Å². The Morgan fingerprint density at radius 2 is 1.85 bits per heavy atom. The predicted octanol–water partition coefficient (Wildman–Crippen LogP) is 4.36. The van der Waals surface area contributed by atoms with E-state index in [9.17, 15) is 4.79 Å². The third-order valence-electron chi connectivity index (χ3n) is 5.29. The van der Waals surface area contributed by atoms with Crippen LogP contribution < -0.4 is 16.0 Å². The average Bonchev–Trinajstić information content (AvgIpc) is 2.66. The molecule has 3 aromatic rings. The van der Waals surface area contributed by atoms with E-state index in [0.29, 0.717) is 16.2 Å². The van der Waals surface area contributed by atoms with E-state index >= 15 is 0 Å². The van der Waals surface area contributed by atoms with Crippen molar-refractivity contribution >= 4 is 22.4 Å². The second-order valence-corrected chi connectivity index (χ2v) is 7.42. The van der Waals surface area contributed by atoms with E-state index in [1.165, 1.54) is 5.56 Å². The van der Waals surface area contributed by atoms with Gasteiger partial charge in [0.25, 0.3) is 5.56 Å². The molecular formula is C21H21ClN2O2. The van der Waals surface area contributed by atoms with E-state index in [1.807, 2.05) is 30.3 Å². The Hall–Kier alpha value is -2.30. The maximum Gasteiger partial charge on any atom is 0.255 e. The van der Waals surface area contributed by atoms with Crippen molar-refractivity contribution in [1.82, 2.24) is 4.98 Å². The topological polar surface area (TPSA) is 68.1 Å². The molecule has 0 saturated heterocycles. The third kappa shape index (κ3) is 3.22. The molecule has 0 atom stereocenters. The van der Waals surface area contributed by atoms with Crippen LogP contribution >= 0.6 is 11.6 Å². The Bertz CT molecular complexity index is 976. The van der Waals surface area contributed by atoms with Gasteiger partial charge in [0.05, 0.1) is 11.1 Å². The number of nitrogens with one attached hydrogen (secondary N) is 1.